The van der Waals surface area contributed by atoms with Crippen LogP contribution in [0.15, 0.2) is 42.5 Å². The number of carbonyl (C=O) groups is 2. The van der Waals surface area contributed by atoms with E-state index >= 15 is 0 Å². The lowest BCUT2D eigenvalue weighted by atomic mass is 10.1. The summed E-state index contributed by atoms with van der Waals surface area (Å²) in [5.74, 6) is -0.192. The van der Waals surface area contributed by atoms with Gasteiger partial charge in [-0.25, -0.2) is 0 Å². The first-order valence-electron chi connectivity index (χ1n) is 8.82. The summed E-state index contributed by atoms with van der Waals surface area (Å²) in [5, 5.41) is 8.96. The summed E-state index contributed by atoms with van der Waals surface area (Å²) >= 11 is 0. The Hall–Kier alpha value is -2.82. The molecule has 0 aliphatic carbocycles. The zero-order valence-electron chi connectivity index (χ0n) is 16.0. The number of anilines is 3. The molecule has 3 N–H and O–H groups in total. The summed E-state index contributed by atoms with van der Waals surface area (Å²) in [6.45, 7) is 9.51. The fourth-order valence-corrected chi connectivity index (χ4v) is 2.45. The van der Waals surface area contributed by atoms with Crippen LogP contribution in [0, 0.1) is 19.8 Å². The molecule has 0 aromatic heterocycles. The molecule has 0 fully saturated rings. The van der Waals surface area contributed by atoms with Crippen molar-refractivity contribution in [2.24, 2.45) is 5.92 Å². The van der Waals surface area contributed by atoms with E-state index < -0.39 is 6.04 Å². The van der Waals surface area contributed by atoms with E-state index in [1.165, 1.54) is 0 Å². The fourth-order valence-electron chi connectivity index (χ4n) is 2.45. The van der Waals surface area contributed by atoms with Gasteiger partial charge in [-0.1, -0.05) is 31.5 Å². The van der Waals surface area contributed by atoms with E-state index in [1.807, 2.05) is 77.1 Å². The Labute approximate surface area is 155 Å². The SMILES string of the molecule is Cc1ccc(NC(=O)[C@@H](C)Nc2ccc(NC(=O)C(C)C)cc2)c(C)c1. The van der Waals surface area contributed by atoms with Crippen molar-refractivity contribution in [2.75, 3.05) is 16.0 Å². The van der Waals surface area contributed by atoms with Crippen molar-refractivity contribution in [3.63, 3.8) is 0 Å². The van der Waals surface area contributed by atoms with Crippen molar-refractivity contribution in [1.29, 1.82) is 0 Å². The van der Waals surface area contributed by atoms with Crippen molar-refractivity contribution < 1.29 is 9.59 Å². The third kappa shape index (κ3) is 5.34. The van der Waals surface area contributed by atoms with Gasteiger partial charge in [0, 0.05) is 23.0 Å². The number of aryl methyl sites for hydroxylation is 2. The summed E-state index contributed by atoms with van der Waals surface area (Å²) in [5.41, 5.74) is 4.57. The number of hydrogen-bond acceptors (Lipinski definition) is 3. The van der Waals surface area contributed by atoms with Crippen LogP contribution in [0.1, 0.15) is 31.9 Å². The average molecular weight is 353 g/mol. The highest BCUT2D eigenvalue weighted by Gasteiger charge is 2.14. The lowest BCUT2D eigenvalue weighted by molar-refractivity contribution is -0.119. The van der Waals surface area contributed by atoms with E-state index in [2.05, 4.69) is 16.0 Å². The first-order valence-corrected chi connectivity index (χ1v) is 8.82. The van der Waals surface area contributed by atoms with Crippen LogP contribution in [0.4, 0.5) is 17.1 Å². The Morgan fingerprint density at radius 1 is 0.808 bits per heavy atom. The maximum Gasteiger partial charge on any atom is 0.246 e. The second kappa shape index (κ2) is 8.52. The van der Waals surface area contributed by atoms with Crippen LogP contribution in [0.2, 0.25) is 0 Å². The standard InChI is InChI=1S/C21H27N3O2/c1-13(2)20(25)23-18-9-7-17(8-10-18)22-16(5)21(26)24-19-11-6-14(3)12-15(19)4/h6-13,16,22H,1-5H3,(H,23,25)(H,24,26)/t16-/m1/s1. The number of hydrogen-bond donors (Lipinski definition) is 3. The molecular weight excluding hydrogens is 326 g/mol. The fraction of sp³-hybridized carbons (Fsp3) is 0.333. The van der Waals surface area contributed by atoms with Gasteiger partial charge in [0.2, 0.25) is 11.8 Å². The van der Waals surface area contributed by atoms with Crippen molar-refractivity contribution >= 4 is 28.9 Å². The van der Waals surface area contributed by atoms with Gasteiger partial charge in [-0.15, -0.1) is 0 Å². The molecule has 138 valence electrons. The van der Waals surface area contributed by atoms with E-state index in [0.717, 1.165) is 28.2 Å². The first-order chi connectivity index (χ1) is 12.3. The van der Waals surface area contributed by atoms with Crippen LogP contribution in [0.5, 0.6) is 0 Å². The highest BCUT2D eigenvalue weighted by atomic mass is 16.2. The van der Waals surface area contributed by atoms with E-state index in [0.29, 0.717) is 0 Å². The third-order valence-corrected chi connectivity index (χ3v) is 4.09. The number of nitrogens with one attached hydrogen (secondary N) is 3. The highest BCUT2D eigenvalue weighted by Crippen LogP contribution is 2.18. The van der Waals surface area contributed by atoms with Gasteiger partial charge < -0.3 is 16.0 Å². The van der Waals surface area contributed by atoms with Gasteiger partial charge in [0.25, 0.3) is 0 Å². The minimum atomic E-state index is -0.396. The Morgan fingerprint density at radius 3 is 2.00 bits per heavy atom. The normalized spacial score (nSPS) is 11.8. The topological polar surface area (TPSA) is 70.2 Å². The first kappa shape index (κ1) is 19.5. The minimum absolute atomic E-state index is 0.0214. The predicted octanol–water partition coefficient (Wildman–Crippen LogP) is 4.34. The van der Waals surface area contributed by atoms with E-state index in [-0.39, 0.29) is 17.7 Å². The van der Waals surface area contributed by atoms with Crippen LogP contribution in [0.25, 0.3) is 0 Å². The minimum Gasteiger partial charge on any atom is -0.374 e. The molecule has 1 atom stereocenters. The summed E-state index contributed by atoms with van der Waals surface area (Å²) in [4.78, 5) is 24.1. The van der Waals surface area contributed by atoms with Gasteiger partial charge in [-0.2, -0.15) is 0 Å². The molecule has 0 saturated carbocycles. The molecular formula is C21H27N3O2. The molecule has 0 bridgehead atoms. The van der Waals surface area contributed by atoms with E-state index in [1.54, 1.807) is 0 Å². The van der Waals surface area contributed by atoms with Gasteiger partial charge >= 0.3 is 0 Å². The Morgan fingerprint density at radius 2 is 1.42 bits per heavy atom. The lowest BCUT2D eigenvalue weighted by Gasteiger charge is -2.17. The maximum atomic E-state index is 12.4. The Bertz CT molecular complexity index is 782. The Balaban J connectivity index is 1.95. The number of rotatable bonds is 6. The molecule has 0 unspecified atom stereocenters. The quantitative estimate of drug-likeness (QED) is 0.723. The van der Waals surface area contributed by atoms with Gasteiger partial charge in [-0.3, -0.25) is 9.59 Å². The van der Waals surface area contributed by atoms with Gasteiger partial charge in [0.05, 0.1) is 0 Å². The molecule has 26 heavy (non-hydrogen) atoms. The van der Waals surface area contributed by atoms with Crippen molar-refractivity contribution in [1.82, 2.24) is 0 Å². The van der Waals surface area contributed by atoms with Gasteiger partial charge in [0.1, 0.15) is 6.04 Å². The molecule has 2 amide bonds. The molecule has 5 nitrogen and oxygen atoms in total. The molecule has 2 aromatic carbocycles. The van der Waals surface area contributed by atoms with Gasteiger partial charge in [0.15, 0.2) is 0 Å². The average Bonchev–Trinajstić information content (AvgIpc) is 2.58. The second-order valence-corrected chi connectivity index (χ2v) is 6.89. The van der Waals surface area contributed by atoms with Crippen molar-refractivity contribution in [2.45, 2.75) is 40.7 Å². The highest BCUT2D eigenvalue weighted by molar-refractivity contribution is 5.97. The Kier molecular flexibility index (Phi) is 6.39. The van der Waals surface area contributed by atoms with Crippen LogP contribution in [-0.4, -0.2) is 17.9 Å². The van der Waals surface area contributed by atoms with Crippen molar-refractivity contribution in [3.8, 4) is 0 Å². The number of amides is 2. The summed E-state index contributed by atoms with van der Waals surface area (Å²) in [6, 6.07) is 12.9. The summed E-state index contributed by atoms with van der Waals surface area (Å²) in [6.07, 6.45) is 0. The molecule has 2 aromatic rings. The molecule has 2 rings (SSSR count). The largest absolute Gasteiger partial charge is 0.374 e. The van der Waals surface area contributed by atoms with Gasteiger partial charge in [-0.05, 0) is 56.7 Å². The second-order valence-electron chi connectivity index (χ2n) is 6.89. The number of benzene rings is 2. The zero-order valence-corrected chi connectivity index (χ0v) is 16.0. The van der Waals surface area contributed by atoms with E-state index in [4.69, 9.17) is 0 Å². The monoisotopic (exact) mass is 353 g/mol. The van der Waals surface area contributed by atoms with Crippen molar-refractivity contribution in [3.05, 3.63) is 53.6 Å². The maximum absolute atomic E-state index is 12.4. The van der Waals surface area contributed by atoms with Crippen LogP contribution >= 0.6 is 0 Å². The lowest BCUT2D eigenvalue weighted by Crippen LogP contribution is -2.32. The molecule has 0 spiro atoms. The smallest absolute Gasteiger partial charge is 0.246 e. The molecule has 0 radical (unpaired) electrons. The molecule has 0 aliphatic rings. The molecule has 0 heterocycles. The molecule has 5 heteroatoms. The number of carbonyl (C=O) groups excluding carboxylic acids is 2. The van der Waals surface area contributed by atoms with Crippen LogP contribution < -0.4 is 16.0 Å². The van der Waals surface area contributed by atoms with Crippen LogP contribution in [0.3, 0.4) is 0 Å². The zero-order chi connectivity index (χ0) is 19.3. The molecule has 0 aliphatic heterocycles. The third-order valence-electron chi connectivity index (χ3n) is 4.09. The summed E-state index contributed by atoms with van der Waals surface area (Å²) < 4.78 is 0. The summed E-state index contributed by atoms with van der Waals surface area (Å²) in [7, 11) is 0. The predicted molar refractivity (Wildman–Crippen MR) is 108 cm³/mol. The van der Waals surface area contributed by atoms with E-state index in [9.17, 15) is 9.59 Å². The molecule has 0 saturated heterocycles. The van der Waals surface area contributed by atoms with Crippen LogP contribution in [-0.2, 0) is 9.59 Å².